The summed E-state index contributed by atoms with van der Waals surface area (Å²) >= 11 is 0. The smallest absolute Gasteiger partial charge is 0.317 e. The van der Waals surface area contributed by atoms with Crippen molar-refractivity contribution in [3.8, 4) is 0 Å². The van der Waals surface area contributed by atoms with E-state index in [2.05, 4.69) is 29.0 Å². The van der Waals surface area contributed by atoms with Crippen molar-refractivity contribution in [3.63, 3.8) is 0 Å². The summed E-state index contributed by atoms with van der Waals surface area (Å²) in [5.74, 6) is 0.772. The van der Waals surface area contributed by atoms with Gasteiger partial charge in [0.25, 0.3) is 0 Å². The molecular formula is C17H31N3O. The highest BCUT2D eigenvalue weighted by Crippen LogP contribution is 2.35. The number of hydrogen-bond donors (Lipinski definition) is 1. The number of amides is 2. The van der Waals surface area contributed by atoms with E-state index in [1.165, 1.54) is 38.5 Å². The highest BCUT2D eigenvalue weighted by Gasteiger charge is 2.37. The van der Waals surface area contributed by atoms with Crippen molar-refractivity contribution in [1.82, 2.24) is 15.1 Å². The number of carbonyl (C=O) groups excluding carboxylic acids is 1. The molecule has 0 aromatic heterocycles. The van der Waals surface area contributed by atoms with E-state index in [1.54, 1.807) is 0 Å². The molecule has 1 aliphatic carbocycles. The summed E-state index contributed by atoms with van der Waals surface area (Å²) in [7, 11) is 0. The Kier molecular flexibility index (Phi) is 4.72. The zero-order valence-corrected chi connectivity index (χ0v) is 13.7. The number of likely N-dealkylation sites (tertiary alicyclic amines) is 2. The van der Waals surface area contributed by atoms with Crippen LogP contribution in [-0.4, -0.2) is 53.6 Å². The summed E-state index contributed by atoms with van der Waals surface area (Å²) in [5.41, 5.74) is 0. The number of hydrogen-bond acceptors (Lipinski definition) is 2. The predicted molar refractivity (Wildman–Crippen MR) is 85.3 cm³/mol. The molecule has 4 heteroatoms. The molecule has 0 spiro atoms. The second-order valence-electron chi connectivity index (χ2n) is 7.47. The fourth-order valence-electron chi connectivity index (χ4n) is 4.51. The maximum Gasteiger partial charge on any atom is 0.317 e. The Morgan fingerprint density at radius 3 is 2.48 bits per heavy atom. The molecule has 0 aromatic rings. The summed E-state index contributed by atoms with van der Waals surface area (Å²) in [4.78, 5) is 17.3. The van der Waals surface area contributed by atoms with Gasteiger partial charge in [0.15, 0.2) is 0 Å². The zero-order valence-electron chi connectivity index (χ0n) is 13.7. The van der Waals surface area contributed by atoms with Gasteiger partial charge >= 0.3 is 6.03 Å². The number of urea groups is 1. The van der Waals surface area contributed by atoms with E-state index in [9.17, 15) is 4.79 Å². The molecule has 4 nitrogen and oxygen atoms in total. The van der Waals surface area contributed by atoms with Crippen LogP contribution in [0, 0.1) is 5.92 Å². The van der Waals surface area contributed by atoms with Crippen molar-refractivity contribution >= 4 is 6.03 Å². The summed E-state index contributed by atoms with van der Waals surface area (Å²) in [5, 5.41) is 3.30. The van der Waals surface area contributed by atoms with Crippen LogP contribution in [0.5, 0.6) is 0 Å². The third-order valence-electron chi connectivity index (χ3n) is 5.78. The number of nitrogens with one attached hydrogen (secondary N) is 1. The second kappa shape index (κ2) is 6.55. The fraction of sp³-hybridized carbons (Fsp3) is 0.941. The molecule has 0 bridgehead atoms. The van der Waals surface area contributed by atoms with Gasteiger partial charge in [-0.15, -0.1) is 0 Å². The van der Waals surface area contributed by atoms with Crippen LogP contribution in [0.15, 0.2) is 0 Å². The van der Waals surface area contributed by atoms with Gasteiger partial charge in [-0.05, 0) is 51.9 Å². The van der Waals surface area contributed by atoms with Crippen LogP contribution >= 0.6 is 0 Å². The second-order valence-corrected chi connectivity index (χ2v) is 7.47. The molecule has 2 amide bonds. The average molecular weight is 293 g/mol. The average Bonchev–Trinajstić information content (AvgIpc) is 3.19. The molecule has 2 unspecified atom stereocenters. The lowest BCUT2D eigenvalue weighted by Crippen LogP contribution is -2.49. The Hall–Kier alpha value is -0.770. The maximum absolute atomic E-state index is 12.6. The van der Waals surface area contributed by atoms with Crippen molar-refractivity contribution in [2.24, 2.45) is 5.92 Å². The molecule has 120 valence electrons. The van der Waals surface area contributed by atoms with Crippen LogP contribution in [0.2, 0.25) is 0 Å². The minimum atomic E-state index is 0.208. The van der Waals surface area contributed by atoms with Gasteiger partial charge in [-0.3, -0.25) is 4.90 Å². The van der Waals surface area contributed by atoms with Crippen molar-refractivity contribution in [1.29, 1.82) is 0 Å². The molecule has 1 N–H and O–H groups in total. The lowest BCUT2D eigenvalue weighted by Gasteiger charge is -2.30. The maximum atomic E-state index is 12.6. The summed E-state index contributed by atoms with van der Waals surface area (Å²) in [6.07, 6.45) is 8.91. The summed E-state index contributed by atoms with van der Waals surface area (Å²) < 4.78 is 0. The van der Waals surface area contributed by atoms with Gasteiger partial charge in [-0.1, -0.05) is 12.8 Å². The Labute approximate surface area is 129 Å². The molecule has 3 aliphatic rings. The van der Waals surface area contributed by atoms with Crippen LogP contribution in [0.3, 0.4) is 0 Å². The van der Waals surface area contributed by atoms with Crippen LogP contribution in [0.1, 0.15) is 58.8 Å². The van der Waals surface area contributed by atoms with E-state index in [1.807, 2.05) is 0 Å². The summed E-state index contributed by atoms with van der Waals surface area (Å²) in [6.45, 7) is 7.58. The standard InChI is InChI=1S/C17H31N3O/c1-13(2)19-11-9-15(12-19)18-17(21)20-10-5-8-16(20)14-6-3-4-7-14/h13-16H,3-12H2,1-2H3,(H,18,21). The molecule has 21 heavy (non-hydrogen) atoms. The first-order chi connectivity index (χ1) is 10.1. The number of nitrogens with zero attached hydrogens (tertiary/aromatic N) is 2. The van der Waals surface area contributed by atoms with E-state index in [0.717, 1.165) is 32.0 Å². The lowest BCUT2D eigenvalue weighted by atomic mass is 9.96. The van der Waals surface area contributed by atoms with Crippen LogP contribution in [0.25, 0.3) is 0 Å². The van der Waals surface area contributed by atoms with E-state index in [0.29, 0.717) is 18.1 Å². The molecule has 2 heterocycles. The zero-order chi connectivity index (χ0) is 14.8. The van der Waals surface area contributed by atoms with E-state index < -0.39 is 0 Å². The Morgan fingerprint density at radius 1 is 1.05 bits per heavy atom. The largest absolute Gasteiger partial charge is 0.334 e. The molecule has 2 atom stereocenters. The predicted octanol–water partition coefficient (Wildman–Crippen LogP) is 2.83. The minimum Gasteiger partial charge on any atom is -0.334 e. The van der Waals surface area contributed by atoms with E-state index >= 15 is 0 Å². The van der Waals surface area contributed by atoms with Crippen LogP contribution < -0.4 is 5.32 Å². The van der Waals surface area contributed by atoms with E-state index in [-0.39, 0.29) is 6.03 Å². The highest BCUT2D eigenvalue weighted by atomic mass is 16.2. The van der Waals surface area contributed by atoms with Crippen LogP contribution in [-0.2, 0) is 0 Å². The Balaban J connectivity index is 1.52. The van der Waals surface area contributed by atoms with Gasteiger partial charge in [-0.25, -0.2) is 4.79 Å². The molecule has 0 radical (unpaired) electrons. The molecular weight excluding hydrogens is 262 g/mol. The quantitative estimate of drug-likeness (QED) is 0.868. The lowest BCUT2D eigenvalue weighted by molar-refractivity contribution is 0.168. The summed E-state index contributed by atoms with van der Waals surface area (Å²) in [6, 6.07) is 1.67. The van der Waals surface area contributed by atoms with Crippen molar-refractivity contribution in [2.75, 3.05) is 19.6 Å². The number of rotatable bonds is 3. The van der Waals surface area contributed by atoms with Crippen molar-refractivity contribution in [2.45, 2.75) is 76.9 Å². The Morgan fingerprint density at radius 2 is 1.81 bits per heavy atom. The van der Waals surface area contributed by atoms with Crippen molar-refractivity contribution < 1.29 is 4.79 Å². The van der Waals surface area contributed by atoms with Gasteiger partial charge < -0.3 is 10.2 Å². The normalized spacial score (nSPS) is 31.5. The molecule has 0 aromatic carbocycles. The molecule has 3 fully saturated rings. The van der Waals surface area contributed by atoms with Gasteiger partial charge in [0.05, 0.1) is 0 Å². The molecule has 2 saturated heterocycles. The molecule has 1 saturated carbocycles. The topological polar surface area (TPSA) is 35.6 Å². The molecule has 2 aliphatic heterocycles. The monoisotopic (exact) mass is 293 g/mol. The van der Waals surface area contributed by atoms with Crippen LogP contribution in [0.4, 0.5) is 4.79 Å². The number of carbonyl (C=O) groups is 1. The van der Waals surface area contributed by atoms with Crippen molar-refractivity contribution in [3.05, 3.63) is 0 Å². The third kappa shape index (κ3) is 3.36. The van der Waals surface area contributed by atoms with Gasteiger partial charge in [0, 0.05) is 37.8 Å². The van der Waals surface area contributed by atoms with Gasteiger partial charge in [0.2, 0.25) is 0 Å². The van der Waals surface area contributed by atoms with E-state index in [4.69, 9.17) is 0 Å². The first kappa shape index (κ1) is 15.1. The first-order valence-corrected chi connectivity index (χ1v) is 8.96. The minimum absolute atomic E-state index is 0.208. The highest BCUT2D eigenvalue weighted by molar-refractivity contribution is 5.75. The third-order valence-corrected chi connectivity index (χ3v) is 5.78. The fourth-order valence-corrected chi connectivity index (χ4v) is 4.51. The van der Waals surface area contributed by atoms with Gasteiger partial charge in [-0.2, -0.15) is 0 Å². The van der Waals surface area contributed by atoms with Gasteiger partial charge in [0.1, 0.15) is 0 Å². The Bertz CT molecular complexity index is 365. The molecule has 3 rings (SSSR count). The first-order valence-electron chi connectivity index (χ1n) is 8.96. The SMILES string of the molecule is CC(C)N1CCC(NC(=O)N2CCCC2C2CCCC2)C1.